The second-order valence-corrected chi connectivity index (χ2v) is 17.9. The van der Waals surface area contributed by atoms with E-state index < -0.39 is 24.6 Å². The number of alkyl carbamates (subject to hydrolysis) is 1. The van der Waals surface area contributed by atoms with E-state index in [4.69, 9.17) is 40.5 Å². The molecule has 4 saturated heterocycles. The van der Waals surface area contributed by atoms with E-state index in [9.17, 15) is 19.5 Å². The zero-order valence-corrected chi connectivity index (χ0v) is 37.1. The van der Waals surface area contributed by atoms with Crippen molar-refractivity contribution in [1.82, 2.24) is 40.4 Å². The van der Waals surface area contributed by atoms with E-state index in [0.29, 0.717) is 87.7 Å². The fraction of sp³-hybridized carbons (Fsp3) is 0.543. The fourth-order valence-electron chi connectivity index (χ4n) is 9.78. The lowest BCUT2D eigenvalue weighted by Crippen LogP contribution is -2.54. The molecule has 1 unspecified atom stereocenters. The highest BCUT2D eigenvalue weighted by Crippen LogP contribution is 2.40. The molecule has 5 N–H and O–H groups in total. The van der Waals surface area contributed by atoms with Crippen LogP contribution in [0.15, 0.2) is 54.7 Å². The van der Waals surface area contributed by atoms with Crippen LogP contribution in [0, 0.1) is 23.7 Å². The van der Waals surface area contributed by atoms with Crippen LogP contribution in [-0.4, -0.2) is 125 Å². The Morgan fingerprint density at radius 2 is 1.27 bits per heavy atom. The van der Waals surface area contributed by atoms with Crippen LogP contribution in [0.25, 0.3) is 33.6 Å². The summed E-state index contributed by atoms with van der Waals surface area (Å²) < 4.78 is 21.1. The number of aliphatic hydroxyl groups is 1. The first-order chi connectivity index (χ1) is 30.5. The Hall–Kier alpha value is -4.84. The molecule has 338 valence electrons. The molecule has 2 aromatic heterocycles. The van der Waals surface area contributed by atoms with Gasteiger partial charge in [0.25, 0.3) is 0 Å². The topological polar surface area (TPSA) is 196 Å². The summed E-state index contributed by atoms with van der Waals surface area (Å²) in [6.07, 6.45) is 4.18. The third-order valence-electron chi connectivity index (χ3n) is 13.2. The van der Waals surface area contributed by atoms with Crippen LogP contribution in [0.2, 0.25) is 5.15 Å². The second-order valence-electron chi connectivity index (χ2n) is 17.6. The Balaban J connectivity index is 0.944. The summed E-state index contributed by atoms with van der Waals surface area (Å²) in [5.74, 6) is 1.57. The van der Waals surface area contributed by atoms with Crippen LogP contribution < -0.4 is 10.6 Å². The van der Waals surface area contributed by atoms with Crippen molar-refractivity contribution in [2.45, 2.75) is 83.0 Å². The maximum Gasteiger partial charge on any atom is 0.407 e. The number of aliphatic hydroxyl groups excluding tert-OH is 1. The van der Waals surface area contributed by atoms with Gasteiger partial charge in [0.15, 0.2) is 0 Å². The predicted molar refractivity (Wildman–Crippen MR) is 235 cm³/mol. The maximum absolute atomic E-state index is 14.2. The van der Waals surface area contributed by atoms with Gasteiger partial charge in [0, 0.05) is 52.2 Å². The number of methoxy groups -OCH3 is 2. The Morgan fingerprint density at radius 1 is 0.762 bits per heavy atom. The van der Waals surface area contributed by atoms with E-state index in [1.807, 2.05) is 52.4 Å². The highest BCUT2D eigenvalue weighted by molar-refractivity contribution is 6.31. The minimum Gasteiger partial charge on any atom is -0.453 e. The van der Waals surface area contributed by atoms with Crippen molar-refractivity contribution in [2.75, 3.05) is 53.7 Å². The number of hydrogen-bond donors (Lipinski definition) is 5. The van der Waals surface area contributed by atoms with Crippen molar-refractivity contribution < 1.29 is 38.4 Å². The molecule has 4 aliphatic rings. The number of nitrogens with zero attached hydrogens (tertiary/aromatic N) is 4. The summed E-state index contributed by atoms with van der Waals surface area (Å²) in [5, 5.41) is 16.6. The second kappa shape index (κ2) is 19.9. The van der Waals surface area contributed by atoms with Crippen LogP contribution in [0.1, 0.15) is 76.1 Å². The summed E-state index contributed by atoms with van der Waals surface area (Å²) >= 11 is 6.82. The Labute approximate surface area is 372 Å². The van der Waals surface area contributed by atoms with Crippen LogP contribution >= 0.6 is 11.6 Å². The molecule has 0 bridgehead atoms. The lowest BCUT2D eigenvalue weighted by molar-refractivity contribution is -0.147. The molecule has 0 aliphatic carbocycles. The molecular weight excluding hydrogens is 828 g/mol. The number of ether oxygens (including phenoxy) is 4. The molecular formula is C46H59ClN8O8. The third-order valence-corrected chi connectivity index (χ3v) is 13.5. The minimum absolute atomic E-state index is 0.00659. The van der Waals surface area contributed by atoms with Gasteiger partial charge >= 0.3 is 6.09 Å². The number of H-pyrrole nitrogens is 2. The molecule has 4 fully saturated rings. The molecule has 63 heavy (non-hydrogen) atoms. The van der Waals surface area contributed by atoms with Gasteiger partial charge in [-0.3, -0.25) is 14.9 Å². The number of benzene rings is 2. The molecule has 2 aromatic carbocycles. The number of likely N-dealkylation sites (tertiary alicyclic amines) is 2. The fourth-order valence-corrected chi connectivity index (χ4v) is 10.0. The van der Waals surface area contributed by atoms with Gasteiger partial charge < -0.3 is 49.1 Å². The van der Waals surface area contributed by atoms with Crippen molar-refractivity contribution in [3.05, 3.63) is 71.5 Å². The lowest BCUT2D eigenvalue weighted by atomic mass is 9.90. The van der Waals surface area contributed by atoms with Crippen LogP contribution in [-0.2, 0) is 28.5 Å². The molecule has 16 nitrogen and oxygen atoms in total. The first-order valence-electron chi connectivity index (χ1n) is 22.1. The van der Waals surface area contributed by atoms with Crippen LogP contribution in [0.4, 0.5) is 4.79 Å². The van der Waals surface area contributed by atoms with Gasteiger partial charge in [-0.15, -0.1) is 0 Å². The highest BCUT2D eigenvalue weighted by atomic mass is 35.5. The van der Waals surface area contributed by atoms with Gasteiger partial charge in [-0.25, -0.2) is 14.8 Å². The van der Waals surface area contributed by atoms with Crippen molar-refractivity contribution in [2.24, 2.45) is 23.7 Å². The molecule has 8 rings (SSSR count). The molecule has 17 heteroatoms. The highest BCUT2D eigenvalue weighted by Gasteiger charge is 2.44. The zero-order chi connectivity index (χ0) is 44.2. The number of carbonyl (C=O) groups is 3. The van der Waals surface area contributed by atoms with Crippen LogP contribution in [0.3, 0.4) is 0 Å². The van der Waals surface area contributed by atoms with E-state index >= 15 is 0 Å². The van der Waals surface area contributed by atoms with Gasteiger partial charge in [-0.2, -0.15) is 0 Å². The number of imidazole rings is 2. The summed E-state index contributed by atoms with van der Waals surface area (Å²) in [7, 11) is 2.70. The molecule has 6 heterocycles. The normalized spacial score (nSPS) is 23.7. The standard InChI is InChI=1S/C46H59ClN8O8/c1-26-21-35(54(24-26)43(56)38(51-45(58)60-3)32-13-17-62-18-14-32)41-48-23-34(49-41)30-9-5-28(6-10-30)29-7-11-31(12-8-29)37-40(47)53-42(50-37)36-22-27(2)25-55(36)44(57)39(52-46(59)61-4)33-15-19-63-20-16-33/h5-12,23,26-27,32-33,35-36,38-39,46,52,59H,13-22,24-25H2,1-4H3,(H,48,49)(H,50,53)(H,51,58)/t26-,27-,35-,36-,38-,39-,46?/m0/s1. The average Bonchev–Trinajstić information content (AvgIpc) is 4.13. The van der Waals surface area contributed by atoms with E-state index in [2.05, 4.69) is 46.6 Å². The third kappa shape index (κ3) is 9.96. The quantitative estimate of drug-likeness (QED) is 0.0979. The Bertz CT molecular complexity index is 2190. The van der Waals surface area contributed by atoms with Crippen molar-refractivity contribution in [1.29, 1.82) is 0 Å². The number of aromatic amines is 2. The molecule has 0 radical (unpaired) electrons. The average molecular weight is 887 g/mol. The molecule has 0 saturated carbocycles. The van der Waals surface area contributed by atoms with E-state index in [1.165, 1.54) is 14.2 Å². The van der Waals surface area contributed by atoms with Gasteiger partial charge in [0.05, 0.1) is 37.1 Å². The van der Waals surface area contributed by atoms with E-state index in [-0.39, 0.29) is 47.6 Å². The smallest absolute Gasteiger partial charge is 0.407 e. The number of nitrogens with one attached hydrogen (secondary N) is 4. The van der Waals surface area contributed by atoms with Gasteiger partial charge in [-0.05, 0) is 78.9 Å². The zero-order valence-electron chi connectivity index (χ0n) is 36.3. The van der Waals surface area contributed by atoms with Gasteiger partial charge in [0.2, 0.25) is 18.2 Å². The van der Waals surface area contributed by atoms with E-state index in [1.54, 1.807) is 0 Å². The first kappa shape index (κ1) is 44.8. The lowest BCUT2D eigenvalue weighted by Gasteiger charge is -2.35. The number of halogens is 1. The number of amides is 3. The van der Waals surface area contributed by atoms with Gasteiger partial charge in [0.1, 0.15) is 28.5 Å². The summed E-state index contributed by atoms with van der Waals surface area (Å²) in [4.78, 5) is 60.9. The summed E-state index contributed by atoms with van der Waals surface area (Å²) in [5.41, 5.74) is 5.30. The van der Waals surface area contributed by atoms with Crippen LogP contribution in [0.5, 0.6) is 0 Å². The van der Waals surface area contributed by atoms with Crippen molar-refractivity contribution in [3.63, 3.8) is 0 Å². The largest absolute Gasteiger partial charge is 0.453 e. The monoisotopic (exact) mass is 886 g/mol. The molecule has 3 amide bonds. The molecule has 4 aliphatic heterocycles. The van der Waals surface area contributed by atoms with E-state index in [0.717, 1.165) is 40.8 Å². The molecule has 4 aromatic rings. The number of hydrogen-bond acceptors (Lipinski definition) is 11. The SMILES string of the molecule is COC(=O)N[C@H](C(=O)N1C[C@@H](C)C[C@H]1c1ncc(-c2ccc(-c3ccc(-c4nc([C@@H]5C[C@H](C)CN5C(=O)[C@@H](NC(O)OC)C5CCOCC5)[nH]c4Cl)cc3)cc2)[nH]1)C1CCOCC1. The predicted octanol–water partition coefficient (Wildman–Crippen LogP) is 6.06. The Kier molecular flexibility index (Phi) is 14.1. The molecule has 7 atom stereocenters. The Morgan fingerprint density at radius 3 is 1.83 bits per heavy atom. The number of carbonyl (C=O) groups excluding carboxylic acids is 3. The summed E-state index contributed by atoms with van der Waals surface area (Å²) in [6, 6.07) is 14.4. The number of rotatable bonds is 13. The molecule has 0 spiro atoms. The van der Waals surface area contributed by atoms with Gasteiger partial charge in [-0.1, -0.05) is 74.0 Å². The first-order valence-corrected chi connectivity index (χ1v) is 22.5. The van der Waals surface area contributed by atoms with Crippen molar-refractivity contribution >= 4 is 29.5 Å². The van der Waals surface area contributed by atoms with Crippen molar-refractivity contribution in [3.8, 4) is 33.6 Å². The maximum atomic E-state index is 14.2. The summed E-state index contributed by atoms with van der Waals surface area (Å²) in [6.45, 7) is 7.61. The minimum atomic E-state index is -1.27. The number of aromatic nitrogens is 4.